The lowest BCUT2D eigenvalue weighted by molar-refractivity contribution is -0.120. The summed E-state index contributed by atoms with van der Waals surface area (Å²) >= 11 is 0. The van der Waals surface area contributed by atoms with Crippen LogP contribution in [-0.4, -0.2) is 78.7 Å². The highest BCUT2D eigenvalue weighted by Crippen LogP contribution is 2.35. The van der Waals surface area contributed by atoms with Crippen LogP contribution in [0, 0.1) is 11.8 Å². The summed E-state index contributed by atoms with van der Waals surface area (Å²) in [6, 6.07) is 24.0. The van der Waals surface area contributed by atoms with Crippen molar-refractivity contribution >= 4 is 17.5 Å². The number of hydrogen-bond donors (Lipinski definition) is 3. The lowest BCUT2D eigenvalue weighted by atomic mass is 9.96. The van der Waals surface area contributed by atoms with E-state index >= 15 is 0 Å². The first-order valence-corrected chi connectivity index (χ1v) is 15.4. The zero-order valence-electron chi connectivity index (χ0n) is 25.5. The molecule has 2 aliphatic rings. The molecule has 8 nitrogen and oxygen atoms in total. The zero-order chi connectivity index (χ0) is 30.3. The van der Waals surface area contributed by atoms with Crippen LogP contribution < -0.4 is 15.4 Å². The van der Waals surface area contributed by atoms with Crippen molar-refractivity contribution in [3.8, 4) is 16.9 Å². The number of nitrogens with zero attached hydrogens (tertiary/aromatic N) is 2. The van der Waals surface area contributed by atoms with Crippen molar-refractivity contribution in [3.63, 3.8) is 0 Å². The van der Waals surface area contributed by atoms with Crippen molar-refractivity contribution in [3.05, 3.63) is 83.9 Å². The summed E-state index contributed by atoms with van der Waals surface area (Å²) in [7, 11) is 2.07. The molecule has 2 aliphatic heterocycles. The Balaban J connectivity index is 1.37. The van der Waals surface area contributed by atoms with Crippen molar-refractivity contribution in [2.75, 3.05) is 45.2 Å². The number of para-hydroxylation sites is 1. The van der Waals surface area contributed by atoms with Crippen LogP contribution >= 0.6 is 0 Å². The second kappa shape index (κ2) is 14.2. The number of benzene rings is 3. The molecular weight excluding hydrogens is 540 g/mol. The molecule has 3 aromatic rings. The Kier molecular flexibility index (Phi) is 10.1. The molecular formula is C35H44N4O4. The number of amides is 2. The van der Waals surface area contributed by atoms with Gasteiger partial charge in [-0.2, -0.15) is 0 Å². The van der Waals surface area contributed by atoms with Crippen molar-refractivity contribution in [2.45, 2.75) is 45.4 Å². The molecule has 0 saturated carbocycles. The van der Waals surface area contributed by atoms with Gasteiger partial charge < -0.3 is 25.4 Å². The van der Waals surface area contributed by atoms with Crippen molar-refractivity contribution in [1.82, 2.24) is 15.1 Å². The predicted molar refractivity (Wildman–Crippen MR) is 170 cm³/mol. The highest BCUT2D eigenvalue weighted by Gasteiger charge is 2.35. The fourth-order valence-corrected chi connectivity index (χ4v) is 6.00. The Morgan fingerprint density at radius 3 is 2.44 bits per heavy atom. The molecule has 0 radical (unpaired) electrons. The zero-order valence-corrected chi connectivity index (χ0v) is 25.5. The van der Waals surface area contributed by atoms with E-state index in [1.54, 1.807) is 17.0 Å². The van der Waals surface area contributed by atoms with Crippen LogP contribution in [0.3, 0.4) is 0 Å². The molecule has 0 bridgehead atoms. The van der Waals surface area contributed by atoms with Crippen LogP contribution in [0.1, 0.15) is 42.6 Å². The molecule has 8 heteroatoms. The van der Waals surface area contributed by atoms with Crippen LogP contribution in [0.2, 0.25) is 0 Å². The molecule has 0 spiro atoms. The van der Waals surface area contributed by atoms with E-state index in [1.165, 1.54) is 16.7 Å². The predicted octanol–water partition coefficient (Wildman–Crippen LogP) is 4.64. The van der Waals surface area contributed by atoms with Gasteiger partial charge in [0.15, 0.2) is 5.75 Å². The minimum Gasteiger partial charge on any atom is -0.486 e. The van der Waals surface area contributed by atoms with E-state index in [0.717, 1.165) is 32.5 Å². The molecule has 0 aliphatic carbocycles. The highest BCUT2D eigenvalue weighted by atomic mass is 16.5. The number of nitrogens with one attached hydrogen (secondary N) is 2. The number of rotatable bonds is 9. The number of likely N-dealkylation sites (N-methyl/N-ethyl adjacent to an activating group) is 1. The van der Waals surface area contributed by atoms with Crippen LogP contribution in [0.15, 0.2) is 72.8 Å². The minimum atomic E-state index is -0.351. The van der Waals surface area contributed by atoms with Gasteiger partial charge in [0.25, 0.3) is 5.91 Å². The van der Waals surface area contributed by atoms with Crippen molar-refractivity contribution in [2.24, 2.45) is 11.8 Å². The molecule has 1 fully saturated rings. The minimum absolute atomic E-state index is 0.0258. The standard InChI is InChI=1S/C35H44N4O4/c1-24-20-39(25(2)23-40)35(42)30-10-7-11-31(37-34(41)29-16-18-36-19-17-29)33(30)43-32(24)22-38(3)21-26-12-14-28(15-13-26)27-8-5-4-6-9-27/h4-15,24-25,29,32,36,40H,16-23H2,1-3H3,(H,37,41). The SMILES string of the molecule is CC1CN(C(C)CO)C(=O)c2cccc(NC(=O)C3CCNCC3)c2OC1CN(C)Cc1ccc(-c2ccccc2)cc1. The first-order valence-electron chi connectivity index (χ1n) is 15.4. The van der Waals surface area contributed by atoms with E-state index in [9.17, 15) is 14.7 Å². The van der Waals surface area contributed by atoms with E-state index < -0.39 is 0 Å². The molecule has 3 aromatic carbocycles. The number of anilines is 1. The average Bonchev–Trinajstić information content (AvgIpc) is 3.03. The Bertz CT molecular complexity index is 1370. The molecule has 2 amide bonds. The number of piperidine rings is 1. The van der Waals surface area contributed by atoms with Gasteiger partial charge in [-0.1, -0.05) is 67.6 Å². The first-order chi connectivity index (χ1) is 20.8. The van der Waals surface area contributed by atoms with Gasteiger partial charge in [0.2, 0.25) is 5.91 Å². The van der Waals surface area contributed by atoms with E-state index in [0.29, 0.717) is 30.1 Å². The van der Waals surface area contributed by atoms with Crippen LogP contribution in [-0.2, 0) is 11.3 Å². The maximum Gasteiger partial charge on any atom is 0.258 e. The molecule has 228 valence electrons. The number of aliphatic hydroxyl groups excluding tert-OH is 1. The van der Waals surface area contributed by atoms with Gasteiger partial charge in [0.1, 0.15) is 6.10 Å². The number of carbonyl (C=O) groups excluding carboxylic acids is 2. The van der Waals surface area contributed by atoms with Crippen molar-refractivity contribution < 1.29 is 19.4 Å². The summed E-state index contributed by atoms with van der Waals surface area (Å²) in [5.41, 5.74) is 4.49. The van der Waals surface area contributed by atoms with Gasteiger partial charge in [-0.3, -0.25) is 14.5 Å². The second-order valence-electron chi connectivity index (χ2n) is 12.1. The third-order valence-corrected chi connectivity index (χ3v) is 8.66. The maximum atomic E-state index is 13.8. The molecule has 5 rings (SSSR count). The van der Waals surface area contributed by atoms with Gasteiger partial charge in [0.05, 0.1) is 23.9 Å². The fourth-order valence-electron chi connectivity index (χ4n) is 6.00. The number of carbonyl (C=O) groups is 2. The number of fused-ring (bicyclic) bond motifs is 1. The first kappa shape index (κ1) is 30.7. The Morgan fingerprint density at radius 1 is 1.05 bits per heavy atom. The molecule has 3 unspecified atom stereocenters. The van der Waals surface area contributed by atoms with Crippen LogP contribution in [0.4, 0.5) is 5.69 Å². The van der Waals surface area contributed by atoms with E-state index in [1.807, 2.05) is 31.2 Å². The summed E-state index contributed by atoms with van der Waals surface area (Å²) < 4.78 is 6.71. The average molecular weight is 585 g/mol. The van der Waals surface area contributed by atoms with E-state index in [-0.39, 0.29) is 42.4 Å². The van der Waals surface area contributed by atoms with E-state index in [2.05, 4.69) is 65.9 Å². The summed E-state index contributed by atoms with van der Waals surface area (Å²) in [5.74, 6) is 0.0478. The van der Waals surface area contributed by atoms with Gasteiger partial charge in [-0.05, 0) is 68.7 Å². The molecule has 3 atom stereocenters. The summed E-state index contributed by atoms with van der Waals surface area (Å²) in [5, 5.41) is 16.4. The molecule has 0 aromatic heterocycles. The lowest BCUT2D eigenvalue weighted by Gasteiger charge is -2.38. The number of hydrogen-bond acceptors (Lipinski definition) is 6. The normalized spacial score (nSPS) is 20.1. The summed E-state index contributed by atoms with van der Waals surface area (Å²) in [4.78, 5) is 31.0. The Labute approximate surface area is 255 Å². The Morgan fingerprint density at radius 2 is 1.74 bits per heavy atom. The van der Waals surface area contributed by atoms with Crippen LogP contribution in [0.25, 0.3) is 11.1 Å². The van der Waals surface area contributed by atoms with Crippen LogP contribution in [0.5, 0.6) is 5.75 Å². The second-order valence-corrected chi connectivity index (χ2v) is 12.1. The number of aliphatic hydroxyl groups is 1. The van der Waals surface area contributed by atoms with Crippen molar-refractivity contribution in [1.29, 1.82) is 0 Å². The smallest absolute Gasteiger partial charge is 0.258 e. The lowest BCUT2D eigenvalue weighted by Crippen LogP contribution is -2.49. The third kappa shape index (κ3) is 7.44. The highest BCUT2D eigenvalue weighted by molar-refractivity contribution is 6.02. The van der Waals surface area contributed by atoms with Gasteiger partial charge >= 0.3 is 0 Å². The van der Waals surface area contributed by atoms with Gasteiger partial charge in [0, 0.05) is 31.5 Å². The van der Waals surface area contributed by atoms with Gasteiger partial charge in [-0.25, -0.2) is 0 Å². The summed E-state index contributed by atoms with van der Waals surface area (Å²) in [6.07, 6.45) is 1.30. The molecule has 43 heavy (non-hydrogen) atoms. The topological polar surface area (TPSA) is 94.1 Å². The monoisotopic (exact) mass is 584 g/mol. The molecule has 3 N–H and O–H groups in total. The number of ether oxygens (including phenoxy) is 1. The molecule has 2 heterocycles. The fraction of sp³-hybridized carbons (Fsp3) is 0.429. The van der Waals surface area contributed by atoms with Gasteiger partial charge in [-0.15, -0.1) is 0 Å². The summed E-state index contributed by atoms with van der Waals surface area (Å²) in [6.45, 7) is 7.24. The Hall–Kier alpha value is -3.72. The quantitative estimate of drug-likeness (QED) is 0.339. The maximum absolute atomic E-state index is 13.8. The third-order valence-electron chi connectivity index (χ3n) is 8.66. The largest absolute Gasteiger partial charge is 0.486 e. The van der Waals surface area contributed by atoms with E-state index in [4.69, 9.17) is 4.74 Å². The molecule has 1 saturated heterocycles.